The van der Waals surface area contributed by atoms with Gasteiger partial charge in [-0.15, -0.1) is 11.8 Å². The molecule has 0 unspecified atom stereocenters. The zero-order chi connectivity index (χ0) is 15.5. The van der Waals surface area contributed by atoms with Gasteiger partial charge in [0.05, 0.1) is 4.08 Å². The SMILES string of the molecule is CC=CC(C=CC)(SC(C)(C)S(C)(C)C)S(C)(C)C. The lowest BCUT2D eigenvalue weighted by Gasteiger charge is -2.53. The van der Waals surface area contributed by atoms with E-state index in [9.17, 15) is 0 Å². The molecule has 0 aliphatic heterocycles. The maximum absolute atomic E-state index is 2.42. The molecular formula is C16H34S3. The second kappa shape index (κ2) is 6.53. The molecule has 19 heavy (non-hydrogen) atoms. The first-order valence-electron chi connectivity index (χ1n) is 6.66. The van der Waals surface area contributed by atoms with Crippen LogP contribution in [0.3, 0.4) is 0 Å². The van der Waals surface area contributed by atoms with Gasteiger partial charge in [0.1, 0.15) is 0 Å². The van der Waals surface area contributed by atoms with Gasteiger partial charge in [-0.25, -0.2) is 20.1 Å². The Morgan fingerprint density at radius 1 is 0.737 bits per heavy atom. The summed E-state index contributed by atoms with van der Waals surface area (Å²) in [6, 6.07) is 0. The predicted octanol–water partition coefficient (Wildman–Crippen LogP) is 5.69. The first-order chi connectivity index (χ1) is 8.33. The van der Waals surface area contributed by atoms with Crippen molar-refractivity contribution in [1.82, 2.24) is 0 Å². The summed E-state index contributed by atoms with van der Waals surface area (Å²) in [7, 11) is -1.37. The van der Waals surface area contributed by atoms with Gasteiger partial charge in [-0.2, -0.15) is 0 Å². The smallest absolute Gasteiger partial charge is 0.0830 e. The van der Waals surface area contributed by atoms with E-state index in [0.29, 0.717) is 4.08 Å². The molecule has 0 aliphatic carbocycles. The molecule has 0 bridgehead atoms. The summed E-state index contributed by atoms with van der Waals surface area (Å²) >= 11 is 2.16. The van der Waals surface area contributed by atoms with Crippen LogP contribution in [0, 0.1) is 0 Å². The molecule has 0 spiro atoms. The quantitative estimate of drug-likeness (QED) is 0.566. The standard InChI is InChI=1S/C16H34S3/c1-11-13-16(14-12-2,19(8,9)10)17-15(3,4)18(5,6)7/h11-14H,1-10H3. The third-order valence-electron chi connectivity index (χ3n) is 3.64. The Morgan fingerprint density at radius 2 is 1.11 bits per heavy atom. The van der Waals surface area contributed by atoms with Crippen LogP contribution >= 0.6 is 31.8 Å². The lowest BCUT2D eigenvalue weighted by molar-refractivity contribution is 0.999. The fourth-order valence-corrected chi connectivity index (χ4v) is 7.09. The van der Waals surface area contributed by atoms with Gasteiger partial charge in [0.15, 0.2) is 0 Å². The Morgan fingerprint density at radius 3 is 1.32 bits per heavy atom. The van der Waals surface area contributed by atoms with Crippen LogP contribution in [-0.2, 0) is 0 Å². The summed E-state index contributed by atoms with van der Waals surface area (Å²) < 4.78 is 0.437. The van der Waals surface area contributed by atoms with Crippen molar-refractivity contribution < 1.29 is 0 Å². The highest BCUT2D eigenvalue weighted by Crippen LogP contribution is 2.67. The molecule has 0 nitrogen and oxygen atoms in total. The number of rotatable bonds is 6. The van der Waals surface area contributed by atoms with Crippen LogP contribution < -0.4 is 0 Å². The molecule has 0 aromatic heterocycles. The maximum atomic E-state index is 2.42. The fourth-order valence-electron chi connectivity index (χ4n) is 1.63. The van der Waals surface area contributed by atoms with Gasteiger partial charge >= 0.3 is 0 Å². The van der Waals surface area contributed by atoms with Crippen molar-refractivity contribution in [1.29, 1.82) is 0 Å². The van der Waals surface area contributed by atoms with E-state index in [4.69, 9.17) is 0 Å². The summed E-state index contributed by atoms with van der Waals surface area (Å²) in [5, 5.41) is 0. The zero-order valence-corrected chi connectivity index (χ0v) is 17.0. The molecular weight excluding hydrogens is 288 g/mol. The molecule has 0 saturated carbocycles. The Kier molecular flexibility index (Phi) is 6.71. The highest BCUT2D eigenvalue weighted by atomic mass is 32.3. The summed E-state index contributed by atoms with van der Waals surface area (Å²) in [6.07, 6.45) is 23.8. The molecule has 0 aromatic carbocycles. The summed E-state index contributed by atoms with van der Waals surface area (Å²) in [5.41, 5.74) is 0. The molecule has 0 N–H and O–H groups in total. The summed E-state index contributed by atoms with van der Waals surface area (Å²) in [6.45, 7) is 9.11. The van der Waals surface area contributed by atoms with E-state index in [2.05, 4.69) is 101 Å². The van der Waals surface area contributed by atoms with Gasteiger partial charge < -0.3 is 0 Å². The highest BCUT2D eigenvalue weighted by molar-refractivity contribution is 8.45. The molecule has 0 heterocycles. The average molecular weight is 323 g/mol. The highest BCUT2D eigenvalue weighted by Gasteiger charge is 2.42. The normalized spacial score (nSPS) is 19.9. The van der Waals surface area contributed by atoms with Crippen LogP contribution in [0.2, 0.25) is 0 Å². The van der Waals surface area contributed by atoms with Crippen molar-refractivity contribution in [2.75, 3.05) is 37.5 Å². The minimum absolute atomic E-state index is 0.139. The molecule has 0 radical (unpaired) electrons. The van der Waals surface area contributed by atoms with Gasteiger partial charge in [-0.05, 0) is 65.2 Å². The third kappa shape index (κ3) is 4.78. The monoisotopic (exact) mass is 322 g/mol. The maximum Gasteiger partial charge on any atom is 0.0830 e. The Balaban J connectivity index is 5.77. The van der Waals surface area contributed by atoms with Crippen molar-refractivity contribution in [2.24, 2.45) is 0 Å². The van der Waals surface area contributed by atoms with Gasteiger partial charge in [-0.1, -0.05) is 24.3 Å². The Hall–Kier alpha value is 0.530. The number of allylic oxidation sites excluding steroid dienone is 2. The lowest BCUT2D eigenvalue weighted by atomic mass is 10.3. The van der Waals surface area contributed by atoms with Gasteiger partial charge in [0.2, 0.25) is 0 Å². The topological polar surface area (TPSA) is 0 Å². The molecule has 0 aliphatic rings. The van der Waals surface area contributed by atoms with Crippen LogP contribution in [0.1, 0.15) is 27.7 Å². The van der Waals surface area contributed by atoms with Crippen LogP contribution in [0.4, 0.5) is 0 Å². The van der Waals surface area contributed by atoms with Crippen LogP contribution in [0.5, 0.6) is 0 Å². The molecule has 0 saturated heterocycles. The molecule has 0 aromatic rings. The van der Waals surface area contributed by atoms with Gasteiger partial charge in [0, 0.05) is 4.08 Å². The van der Waals surface area contributed by atoms with Gasteiger partial charge in [-0.3, -0.25) is 0 Å². The lowest BCUT2D eigenvalue weighted by Crippen LogP contribution is -2.34. The molecule has 0 fully saturated rings. The van der Waals surface area contributed by atoms with E-state index >= 15 is 0 Å². The molecule has 0 atom stereocenters. The second-order valence-corrected chi connectivity index (χ2v) is 18.4. The average Bonchev–Trinajstić information content (AvgIpc) is 2.13. The fraction of sp³-hybridized carbons (Fsp3) is 0.750. The molecule has 0 amide bonds. The Labute approximate surface area is 129 Å². The van der Waals surface area contributed by atoms with Crippen molar-refractivity contribution >= 4 is 31.8 Å². The van der Waals surface area contributed by atoms with E-state index in [1.54, 1.807) is 0 Å². The van der Waals surface area contributed by atoms with Crippen molar-refractivity contribution in [3.05, 3.63) is 24.3 Å². The summed E-state index contributed by atoms with van der Waals surface area (Å²) in [5.74, 6) is 0. The first-order valence-corrected chi connectivity index (χ1v) is 13.2. The van der Waals surface area contributed by atoms with Crippen LogP contribution in [0.25, 0.3) is 0 Å². The van der Waals surface area contributed by atoms with E-state index in [-0.39, 0.29) is 4.08 Å². The first kappa shape index (κ1) is 19.5. The summed E-state index contributed by atoms with van der Waals surface area (Å²) in [4.78, 5) is 0. The zero-order valence-electron chi connectivity index (χ0n) is 14.5. The van der Waals surface area contributed by atoms with E-state index in [1.165, 1.54) is 0 Å². The minimum Gasteiger partial charge on any atom is -0.236 e. The van der Waals surface area contributed by atoms with Gasteiger partial charge in [0.25, 0.3) is 0 Å². The van der Waals surface area contributed by atoms with E-state index in [1.807, 2.05) is 0 Å². The van der Waals surface area contributed by atoms with Crippen molar-refractivity contribution in [3.63, 3.8) is 0 Å². The number of hydrogen-bond acceptors (Lipinski definition) is 1. The van der Waals surface area contributed by atoms with E-state index < -0.39 is 20.1 Å². The third-order valence-corrected chi connectivity index (χ3v) is 13.4. The molecule has 0 rings (SSSR count). The molecule has 3 heteroatoms. The number of hydrogen-bond donors (Lipinski definition) is 0. The minimum atomic E-state index is -0.742. The molecule has 116 valence electrons. The number of thioether (sulfide) groups is 1. The predicted molar refractivity (Wildman–Crippen MR) is 105 cm³/mol. The van der Waals surface area contributed by atoms with Crippen LogP contribution in [-0.4, -0.2) is 45.7 Å². The second-order valence-electron chi connectivity index (χ2n) is 6.90. The largest absolute Gasteiger partial charge is 0.236 e. The van der Waals surface area contributed by atoms with E-state index in [0.717, 1.165) is 0 Å². The van der Waals surface area contributed by atoms with Crippen LogP contribution in [0.15, 0.2) is 24.3 Å². The Bertz CT molecular complexity index is 326. The van der Waals surface area contributed by atoms with Crippen molar-refractivity contribution in [3.8, 4) is 0 Å². The van der Waals surface area contributed by atoms with Crippen molar-refractivity contribution in [2.45, 2.75) is 35.9 Å².